The Labute approximate surface area is 102 Å². The van der Waals surface area contributed by atoms with Gasteiger partial charge in [-0.1, -0.05) is 30.3 Å². The van der Waals surface area contributed by atoms with Gasteiger partial charge in [-0.05, 0) is 11.6 Å². The lowest BCUT2D eigenvalue weighted by molar-refractivity contribution is 0.100. The number of pyridine rings is 1. The van der Waals surface area contributed by atoms with Crippen LogP contribution in [0.1, 0.15) is 10.4 Å². The highest BCUT2D eigenvalue weighted by molar-refractivity contribution is 7.55. The molecule has 0 aliphatic carbocycles. The Morgan fingerprint density at radius 1 is 1.12 bits per heavy atom. The molecule has 0 radical (unpaired) electrons. The molecule has 0 saturated heterocycles. The van der Waals surface area contributed by atoms with E-state index in [1.165, 1.54) is 6.20 Å². The number of hydrogen-bond acceptors (Lipinski definition) is 3. The maximum Gasteiger partial charge on any atom is 0.291 e. The Morgan fingerprint density at radius 3 is 2.59 bits per heavy atom. The lowest BCUT2D eigenvalue weighted by Crippen LogP contribution is -1.95. The minimum atomic E-state index is -0.560. The maximum atomic E-state index is 11.4. The van der Waals surface area contributed by atoms with Gasteiger partial charge >= 0.3 is 0 Å². The largest absolute Gasteiger partial charge is 0.291 e. The zero-order chi connectivity index (χ0) is 12.1. The van der Waals surface area contributed by atoms with Crippen LogP contribution in [0, 0.1) is 0 Å². The minimum Gasteiger partial charge on any atom is -0.266 e. The summed E-state index contributed by atoms with van der Waals surface area (Å²) in [5.74, 6) is -0.560. The minimum absolute atomic E-state index is 0.0961. The van der Waals surface area contributed by atoms with Crippen molar-refractivity contribution in [1.82, 2.24) is 4.98 Å². The van der Waals surface area contributed by atoms with Crippen molar-refractivity contribution < 1.29 is 9.00 Å². The molecule has 0 saturated carbocycles. The predicted octanol–water partition coefficient (Wildman–Crippen LogP) is 2.29. The molecule has 84 valence electrons. The predicted molar refractivity (Wildman–Crippen MR) is 64.6 cm³/mol. The van der Waals surface area contributed by atoms with E-state index < -0.39 is 5.91 Å². The molecule has 0 N–H and O–H groups in total. The lowest BCUT2D eigenvalue weighted by Gasteiger charge is -2.01. The molecular weight excluding hydrogens is 236 g/mol. The van der Waals surface area contributed by atoms with E-state index in [0.29, 0.717) is 5.56 Å². The van der Waals surface area contributed by atoms with Crippen LogP contribution < -0.4 is 0 Å². The summed E-state index contributed by atoms with van der Waals surface area (Å²) in [6, 6.07) is 11.2. The fourth-order valence-corrected chi connectivity index (χ4v) is 1.61. The summed E-state index contributed by atoms with van der Waals surface area (Å²) < 4.78 is 13.4. The van der Waals surface area contributed by atoms with E-state index in [4.69, 9.17) is 0 Å². The number of carbonyl (C=O) groups is 1. The first-order chi connectivity index (χ1) is 8.31. The van der Waals surface area contributed by atoms with Crippen molar-refractivity contribution in [2.45, 2.75) is 0 Å². The first-order valence-electron chi connectivity index (χ1n) is 4.86. The van der Waals surface area contributed by atoms with Crippen molar-refractivity contribution in [2.24, 2.45) is 4.36 Å². The van der Waals surface area contributed by atoms with E-state index in [9.17, 15) is 9.00 Å². The van der Waals surface area contributed by atoms with Crippen LogP contribution in [0.4, 0.5) is 0 Å². The molecule has 0 fully saturated rings. The summed E-state index contributed by atoms with van der Waals surface area (Å²) in [6.07, 6.45) is 3.06. The molecule has 4 nitrogen and oxygen atoms in total. The molecular formula is C12H8N2O2S. The second-order valence-corrected chi connectivity index (χ2v) is 3.63. The van der Waals surface area contributed by atoms with Crippen molar-refractivity contribution in [3.05, 3.63) is 54.4 Å². The molecule has 1 aromatic heterocycles. The summed E-state index contributed by atoms with van der Waals surface area (Å²) in [7, 11) is 0. The van der Waals surface area contributed by atoms with E-state index in [2.05, 4.69) is 9.35 Å². The molecule has 0 aliphatic rings. The Balaban J connectivity index is 2.42. The molecule has 0 aliphatic heterocycles. The van der Waals surface area contributed by atoms with E-state index in [1.807, 2.05) is 30.3 Å². The van der Waals surface area contributed by atoms with E-state index >= 15 is 0 Å². The van der Waals surface area contributed by atoms with E-state index in [1.54, 1.807) is 12.3 Å². The second-order valence-electron chi connectivity index (χ2n) is 3.30. The van der Waals surface area contributed by atoms with Gasteiger partial charge in [0.25, 0.3) is 5.91 Å². The van der Waals surface area contributed by atoms with E-state index in [0.717, 1.165) is 11.1 Å². The highest BCUT2D eigenvalue weighted by Gasteiger charge is 2.06. The van der Waals surface area contributed by atoms with Crippen LogP contribution in [0.25, 0.3) is 11.1 Å². The standard InChI is InChI=1S/C12H8N2O2S/c15-12(14-17-16)11-6-10(7-13-8-11)9-4-2-1-3-5-9/h1-8H. The maximum absolute atomic E-state index is 11.4. The second kappa shape index (κ2) is 5.27. The summed E-state index contributed by atoms with van der Waals surface area (Å²) in [5, 5.41) is 0. The van der Waals surface area contributed by atoms with Crippen LogP contribution in [0.3, 0.4) is 0 Å². The number of rotatable bonds is 2. The van der Waals surface area contributed by atoms with Crippen LogP contribution in [-0.2, 0) is 11.5 Å². The third-order valence-electron chi connectivity index (χ3n) is 2.21. The molecule has 0 bridgehead atoms. The average molecular weight is 244 g/mol. The van der Waals surface area contributed by atoms with Crippen molar-refractivity contribution in [3.8, 4) is 11.1 Å². The third kappa shape index (κ3) is 2.70. The zero-order valence-corrected chi connectivity index (χ0v) is 9.55. The highest BCUT2D eigenvalue weighted by atomic mass is 32.1. The zero-order valence-electron chi connectivity index (χ0n) is 8.74. The molecule has 0 atom stereocenters. The summed E-state index contributed by atoms with van der Waals surface area (Å²) in [5.41, 5.74) is 2.10. The Morgan fingerprint density at radius 2 is 1.88 bits per heavy atom. The van der Waals surface area contributed by atoms with Crippen molar-refractivity contribution in [2.75, 3.05) is 0 Å². The van der Waals surface area contributed by atoms with Gasteiger partial charge in [-0.2, -0.15) is 4.21 Å². The lowest BCUT2D eigenvalue weighted by atomic mass is 10.1. The van der Waals surface area contributed by atoms with Gasteiger partial charge in [-0.25, -0.2) is 0 Å². The van der Waals surface area contributed by atoms with Gasteiger partial charge < -0.3 is 0 Å². The van der Waals surface area contributed by atoms with Crippen LogP contribution in [0.2, 0.25) is 0 Å². The summed E-state index contributed by atoms with van der Waals surface area (Å²) in [4.78, 5) is 15.4. The highest BCUT2D eigenvalue weighted by Crippen LogP contribution is 2.18. The van der Waals surface area contributed by atoms with Gasteiger partial charge in [-0.15, -0.1) is 4.36 Å². The number of benzene rings is 1. The van der Waals surface area contributed by atoms with Crippen LogP contribution in [0.5, 0.6) is 0 Å². The van der Waals surface area contributed by atoms with Crippen molar-refractivity contribution in [3.63, 3.8) is 0 Å². The third-order valence-corrected chi connectivity index (χ3v) is 2.45. The quantitative estimate of drug-likeness (QED) is 0.814. The molecule has 2 aromatic rings. The Kier molecular flexibility index (Phi) is 3.52. The Bertz CT molecular complexity index is 592. The van der Waals surface area contributed by atoms with Crippen LogP contribution in [-0.4, -0.2) is 15.1 Å². The van der Waals surface area contributed by atoms with Gasteiger partial charge in [0, 0.05) is 18.0 Å². The van der Waals surface area contributed by atoms with Gasteiger partial charge in [0.1, 0.15) is 0 Å². The smallest absolute Gasteiger partial charge is 0.266 e. The molecule has 17 heavy (non-hydrogen) atoms. The number of carbonyl (C=O) groups excluding carboxylic acids is 1. The van der Waals surface area contributed by atoms with Gasteiger partial charge in [-0.3, -0.25) is 9.78 Å². The van der Waals surface area contributed by atoms with Crippen molar-refractivity contribution in [1.29, 1.82) is 0 Å². The molecule has 1 heterocycles. The van der Waals surface area contributed by atoms with Crippen LogP contribution >= 0.6 is 0 Å². The normalized spacial score (nSPS) is 9.65. The summed E-state index contributed by atoms with van der Waals surface area (Å²) >= 11 is -0.0961. The first-order valence-corrected chi connectivity index (χ1v) is 5.56. The molecule has 1 amide bonds. The summed E-state index contributed by atoms with van der Waals surface area (Å²) in [6.45, 7) is 0. The molecule has 0 spiro atoms. The first kappa shape index (κ1) is 11.3. The molecule has 2 rings (SSSR count). The topological polar surface area (TPSA) is 59.4 Å². The molecule has 5 heteroatoms. The van der Waals surface area contributed by atoms with Gasteiger partial charge in [0.2, 0.25) is 11.5 Å². The molecule has 0 unspecified atom stereocenters. The fourth-order valence-electron chi connectivity index (χ4n) is 1.43. The van der Waals surface area contributed by atoms with Crippen LogP contribution in [0.15, 0.2) is 53.2 Å². The number of nitrogens with zero attached hydrogens (tertiary/aromatic N) is 2. The van der Waals surface area contributed by atoms with Gasteiger partial charge in [0.15, 0.2) is 0 Å². The number of amides is 1. The van der Waals surface area contributed by atoms with E-state index in [-0.39, 0.29) is 11.5 Å². The monoisotopic (exact) mass is 244 g/mol. The average Bonchev–Trinajstić information content (AvgIpc) is 2.40. The van der Waals surface area contributed by atoms with Gasteiger partial charge in [0.05, 0.1) is 5.56 Å². The number of hydrogen-bond donors (Lipinski definition) is 0. The fraction of sp³-hybridized carbons (Fsp3) is 0. The molecule has 1 aromatic carbocycles. The number of aromatic nitrogens is 1. The Hall–Kier alpha value is -2.14. The van der Waals surface area contributed by atoms with Crippen molar-refractivity contribution >= 4 is 17.4 Å². The SMILES string of the molecule is O=S=NC(=O)c1cncc(-c2ccccc2)c1.